The Kier molecular flexibility index (Phi) is 6.05. The summed E-state index contributed by atoms with van der Waals surface area (Å²) >= 11 is 0. The quantitative estimate of drug-likeness (QED) is 0.772. The first-order valence-corrected chi connectivity index (χ1v) is 10.9. The molecule has 1 heterocycles. The minimum Gasteiger partial charge on any atom is -0.483 e. The molecule has 3 rings (SSSR count). The van der Waals surface area contributed by atoms with Crippen molar-refractivity contribution in [2.45, 2.75) is 44.6 Å². The molecule has 0 aliphatic carbocycles. The molecule has 0 aromatic heterocycles. The Morgan fingerprint density at radius 3 is 2.71 bits per heavy atom. The van der Waals surface area contributed by atoms with Crippen LogP contribution in [0.15, 0.2) is 47.4 Å². The summed E-state index contributed by atoms with van der Waals surface area (Å²) in [7, 11) is -3.53. The van der Waals surface area contributed by atoms with Gasteiger partial charge in [-0.1, -0.05) is 25.1 Å². The maximum absolute atomic E-state index is 12.7. The number of carbonyl (C=O) groups excluding carboxylic acids is 1. The summed E-state index contributed by atoms with van der Waals surface area (Å²) in [6.07, 6.45) is 1.55. The van der Waals surface area contributed by atoms with Crippen molar-refractivity contribution in [3.63, 3.8) is 0 Å². The van der Waals surface area contributed by atoms with Crippen LogP contribution in [0.4, 0.5) is 5.69 Å². The number of nitrogens with one attached hydrogen (secondary N) is 1. The molecule has 0 spiro atoms. The van der Waals surface area contributed by atoms with Crippen LogP contribution in [0.25, 0.3) is 0 Å². The van der Waals surface area contributed by atoms with Crippen LogP contribution < -0.4 is 14.4 Å². The average molecular weight is 403 g/mol. The van der Waals surface area contributed by atoms with E-state index in [1.807, 2.05) is 38.1 Å². The normalized spacial score (nSPS) is 16.1. The fourth-order valence-corrected chi connectivity index (χ4v) is 4.64. The highest BCUT2D eigenvalue weighted by atomic mass is 32.2. The van der Waals surface area contributed by atoms with Crippen LogP contribution in [0.5, 0.6) is 5.75 Å². The Labute approximate surface area is 166 Å². The van der Waals surface area contributed by atoms with Gasteiger partial charge in [-0.2, -0.15) is 0 Å². The summed E-state index contributed by atoms with van der Waals surface area (Å²) in [6.45, 7) is 5.99. The van der Waals surface area contributed by atoms with Gasteiger partial charge in [0.1, 0.15) is 5.75 Å². The largest absolute Gasteiger partial charge is 0.483 e. The molecule has 1 amide bonds. The minimum atomic E-state index is -3.53. The fourth-order valence-electron chi connectivity index (χ4n) is 3.43. The fraction of sp³-hybridized carbons (Fsp3) is 0.381. The van der Waals surface area contributed by atoms with E-state index in [-0.39, 0.29) is 23.5 Å². The number of amides is 1. The predicted octanol–water partition coefficient (Wildman–Crippen LogP) is 3.04. The molecule has 2 aromatic carbocycles. The zero-order valence-electron chi connectivity index (χ0n) is 16.4. The van der Waals surface area contributed by atoms with Gasteiger partial charge in [0.05, 0.1) is 4.90 Å². The highest BCUT2D eigenvalue weighted by Gasteiger charge is 2.30. The lowest BCUT2D eigenvalue weighted by Gasteiger charge is -2.23. The standard InChI is InChI=1S/C21H26N2O4S/c1-4-11-22-28(25,26)18-9-10-20(15(2)12-18)27-14-21(24)23-16(3)13-17-7-5-6-8-19(17)23/h5-10,12,16,22H,4,11,13-14H2,1-3H3/t16-/m1/s1. The molecule has 0 saturated heterocycles. The highest BCUT2D eigenvalue weighted by molar-refractivity contribution is 7.89. The minimum absolute atomic E-state index is 0.0896. The molecule has 0 unspecified atom stereocenters. The van der Waals surface area contributed by atoms with Gasteiger partial charge in [0.25, 0.3) is 5.91 Å². The van der Waals surface area contributed by atoms with Crippen LogP contribution in [-0.2, 0) is 21.2 Å². The Morgan fingerprint density at radius 1 is 1.25 bits per heavy atom. The van der Waals surface area contributed by atoms with Gasteiger partial charge in [0.15, 0.2) is 6.61 Å². The number of ether oxygens (including phenoxy) is 1. The molecular formula is C21H26N2O4S. The number of nitrogens with zero attached hydrogens (tertiary/aromatic N) is 1. The second kappa shape index (κ2) is 8.32. The Morgan fingerprint density at radius 2 is 2.00 bits per heavy atom. The summed E-state index contributed by atoms with van der Waals surface area (Å²) in [4.78, 5) is 14.7. The maximum atomic E-state index is 12.7. The van der Waals surface area contributed by atoms with E-state index < -0.39 is 10.0 Å². The third kappa shape index (κ3) is 4.20. The number of fused-ring (bicyclic) bond motifs is 1. The van der Waals surface area contributed by atoms with E-state index >= 15 is 0 Å². The molecule has 7 heteroatoms. The third-order valence-electron chi connectivity index (χ3n) is 4.83. The maximum Gasteiger partial charge on any atom is 0.265 e. The molecule has 1 N–H and O–H groups in total. The first-order valence-electron chi connectivity index (χ1n) is 9.46. The molecule has 0 fully saturated rings. The number of hydrogen-bond acceptors (Lipinski definition) is 4. The van der Waals surface area contributed by atoms with E-state index in [9.17, 15) is 13.2 Å². The van der Waals surface area contributed by atoms with E-state index in [4.69, 9.17) is 4.74 Å². The van der Waals surface area contributed by atoms with Crippen LogP contribution in [0, 0.1) is 6.92 Å². The van der Waals surface area contributed by atoms with Gasteiger partial charge in [-0.3, -0.25) is 4.79 Å². The zero-order valence-corrected chi connectivity index (χ0v) is 17.3. The summed E-state index contributed by atoms with van der Waals surface area (Å²) in [6, 6.07) is 12.6. The predicted molar refractivity (Wildman–Crippen MR) is 109 cm³/mol. The summed E-state index contributed by atoms with van der Waals surface area (Å²) in [5.41, 5.74) is 2.76. The molecule has 0 saturated carbocycles. The van der Waals surface area contributed by atoms with Gasteiger partial charge < -0.3 is 9.64 Å². The van der Waals surface area contributed by atoms with Crippen molar-refractivity contribution in [1.29, 1.82) is 0 Å². The van der Waals surface area contributed by atoms with Crippen molar-refractivity contribution < 1.29 is 17.9 Å². The molecule has 6 nitrogen and oxygen atoms in total. The zero-order chi connectivity index (χ0) is 20.3. The highest BCUT2D eigenvalue weighted by Crippen LogP contribution is 2.32. The number of carbonyl (C=O) groups is 1. The van der Waals surface area contributed by atoms with Crippen LogP contribution in [-0.4, -0.2) is 33.5 Å². The van der Waals surface area contributed by atoms with Crippen molar-refractivity contribution in [2.24, 2.45) is 0 Å². The number of sulfonamides is 1. The summed E-state index contributed by atoms with van der Waals surface area (Å²) in [5, 5.41) is 0. The van der Waals surface area contributed by atoms with Crippen molar-refractivity contribution in [2.75, 3.05) is 18.1 Å². The molecule has 1 aliphatic heterocycles. The lowest BCUT2D eigenvalue weighted by Crippen LogP contribution is -2.39. The molecule has 0 radical (unpaired) electrons. The van der Waals surface area contributed by atoms with E-state index in [0.29, 0.717) is 17.9 Å². The number of aryl methyl sites for hydroxylation is 1. The van der Waals surface area contributed by atoms with E-state index in [1.165, 1.54) is 6.07 Å². The molecule has 150 valence electrons. The lowest BCUT2D eigenvalue weighted by molar-refractivity contribution is -0.120. The van der Waals surface area contributed by atoms with Crippen LogP contribution >= 0.6 is 0 Å². The Balaban J connectivity index is 1.69. The third-order valence-corrected chi connectivity index (χ3v) is 6.28. The van der Waals surface area contributed by atoms with Crippen molar-refractivity contribution in [3.8, 4) is 5.75 Å². The SMILES string of the molecule is CCCNS(=O)(=O)c1ccc(OCC(=O)N2c3ccccc3C[C@H]2C)c(C)c1. The molecule has 1 atom stereocenters. The van der Waals surface area contributed by atoms with Crippen LogP contribution in [0.2, 0.25) is 0 Å². The molecular weight excluding hydrogens is 376 g/mol. The van der Waals surface area contributed by atoms with Crippen molar-refractivity contribution in [3.05, 3.63) is 53.6 Å². The van der Waals surface area contributed by atoms with Crippen molar-refractivity contribution in [1.82, 2.24) is 4.72 Å². The van der Waals surface area contributed by atoms with E-state index in [2.05, 4.69) is 4.72 Å². The second-order valence-electron chi connectivity index (χ2n) is 7.06. The Hall–Kier alpha value is -2.38. The lowest BCUT2D eigenvalue weighted by atomic mass is 10.1. The summed E-state index contributed by atoms with van der Waals surface area (Å²) in [5.74, 6) is 0.390. The number of rotatable bonds is 7. The van der Waals surface area contributed by atoms with Gasteiger partial charge in [0, 0.05) is 18.3 Å². The second-order valence-corrected chi connectivity index (χ2v) is 8.83. The molecule has 28 heavy (non-hydrogen) atoms. The molecule has 0 bridgehead atoms. The van der Waals surface area contributed by atoms with Gasteiger partial charge >= 0.3 is 0 Å². The average Bonchev–Trinajstić information content (AvgIpc) is 3.01. The first-order chi connectivity index (χ1) is 13.3. The van der Waals surface area contributed by atoms with Gasteiger partial charge in [-0.25, -0.2) is 13.1 Å². The molecule has 1 aliphatic rings. The van der Waals surface area contributed by atoms with Gasteiger partial charge in [0.2, 0.25) is 10.0 Å². The van der Waals surface area contributed by atoms with Crippen molar-refractivity contribution >= 4 is 21.6 Å². The summed E-state index contributed by atoms with van der Waals surface area (Å²) < 4.78 is 32.7. The van der Waals surface area contributed by atoms with Gasteiger partial charge in [-0.15, -0.1) is 0 Å². The first kappa shape index (κ1) is 20.4. The number of para-hydroxylation sites is 1. The number of hydrogen-bond donors (Lipinski definition) is 1. The van der Waals surface area contributed by atoms with E-state index in [1.54, 1.807) is 24.0 Å². The molecule has 2 aromatic rings. The Bertz CT molecular complexity index is 972. The number of benzene rings is 2. The number of anilines is 1. The van der Waals surface area contributed by atoms with E-state index in [0.717, 1.165) is 24.1 Å². The van der Waals surface area contributed by atoms with Gasteiger partial charge in [-0.05, 0) is 62.1 Å². The monoisotopic (exact) mass is 402 g/mol. The smallest absolute Gasteiger partial charge is 0.265 e. The topological polar surface area (TPSA) is 75.7 Å². The van der Waals surface area contributed by atoms with Crippen LogP contribution in [0.3, 0.4) is 0 Å². The van der Waals surface area contributed by atoms with Crippen LogP contribution in [0.1, 0.15) is 31.4 Å².